The third kappa shape index (κ3) is 3.24. The molecule has 0 atom stereocenters. The lowest BCUT2D eigenvalue weighted by atomic mass is 10.2. The van der Waals surface area contributed by atoms with E-state index in [1.807, 2.05) is 12.3 Å². The summed E-state index contributed by atoms with van der Waals surface area (Å²) in [5.74, 6) is 0.936. The molecule has 3 heteroatoms. The Hall–Kier alpha value is -1.48. The van der Waals surface area contributed by atoms with Crippen LogP contribution in [-0.2, 0) is 0 Å². The molecule has 1 heterocycles. The maximum atomic E-state index is 4.27. The van der Waals surface area contributed by atoms with Gasteiger partial charge in [-0.2, -0.15) is 0 Å². The molecule has 0 unspecified atom stereocenters. The van der Waals surface area contributed by atoms with Crippen LogP contribution in [-0.4, -0.2) is 11.5 Å². The van der Waals surface area contributed by atoms with Gasteiger partial charge < -0.3 is 5.32 Å². The third-order valence-electron chi connectivity index (χ3n) is 2.41. The molecule has 0 saturated heterocycles. The first-order valence-electron chi connectivity index (χ1n) is 5.73. The molecule has 17 heavy (non-hydrogen) atoms. The maximum absolute atomic E-state index is 4.27. The zero-order chi connectivity index (χ0) is 12.1. The van der Waals surface area contributed by atoms with Crippen LogP contribution in [0.1, 0.15) is 12.5 Å². The SMILES string of the molecule is CCNc1cc(Sc2ccccc2C)ccn1. The second kappa shape index (κ2) is 5.73. The van der Waals surface area contributed by atoms with Crippen LogP contribution < -0.4 is 5.32 Å². The number of nitrogens with zero attached hydrogens (tertiary/aromatic N) is 1. The molecule has 0 amide bonds. The van der Waals surface area contributed by atoms with Crippen molar-refractivity contribution in [3.05, 3.63) is 48.2 Å². The Bertz CT molecular complexity index is 497. The summed E-state index contributed by atoms with van der Waals surface area (Å²) >= 11 is 1.77. The molecule has 1 N–H and O–H groups in total. The first-order valence-corrected chi connectivity index (χ1v) is 6.54. The van der Waals surface area contributed by atoms with Gasteiger partial charge >= 0.3 is 0 Å². The number of pyridine rings is 1. The van der Waals surface area contributed by atoms with Crippen molar-refractivity contribution in [2.24, 2.45) is 0 Å². The fourth-order valence-electron chi connectivity index (χ4n) is 1.55. The normalized spacial score (nSPS) is 10.2. The molecule has 1 aromatic heterocycles. The van der Waals surface area contributed by atoms with Gasteiger partial charge in [-0.15, -0.1) is 0 Å². The molecular formula is C14H16N2S. The van der Waals surface area contributed by atoms with E-state index >= 15 is 0 Å². The first kappa shape index (κ1) is 12.0. The Labute approximate surface area is 106 Å². The van der Waals surface area contributed by atoms with Crippen molar-refractivity contribution in [3.8, 4) is 0 Å². The average Bonchev–Trinajstić information content (AvgIpc) is 2.33. The van der Waals surface area contributed by atoms with Crippen molar-refractivity contribution in [3.63, 3.8) is 0 Å². The summed E-state index contributed by atoms with van der Waals surface area (Å²) in [5, 5.41) is 3.22. The number of nitrogens with one attached hydrogen (secondary N) is 1. The van der Waals surface area contributed by atoms with Crippen LogP contribution >= 0.6 is 11.8 Å². The molecule has 0 fully saturated rings. The van der Waals surface area contributed by atoms with E-state index in [4.69, 9.17) is 0 Å². The quantitative estimate of drug-likeness (QED) is 0.880. The zero-order valence-electron chi connectivity index (χ0n) is 10.1. The molecule has 2 rings (SSSR count). The fourth-order valence-corrected chi connectivity index (χ4v) is 2.48. The lowest BCUT2D eigenvalue weighted by molar-refractivity contribution is 1.14. The van der Waals surface area contributed by atoms with E-state index < -0.39 is 0 Å². The Morgan fingerprint density at radius 1 is 1.24 bits per heavy atom. The molecule has 0 bridgehead atoms. The van der Waals surface area contributed by atoms with Crippen LogP contribution in [0.25, 0.3) is 0 Å². The summed E-state index contributed by atoms with van der Waals surface area (Å²) < 4.78 is 0. The first-order chi connectivity index (χ1) is 8.29. The third-order valence-corrected chi connectivity index (χ3v) is 3.58. The zero-order valence-corrected chi connectivity index (χ0v) is 10.9. The number of aromatic nitrogens is 1. The van der Waals surface area contributed by atoms with Crippen LogP contribution in [0.5, 0.6) is 0 Å². The Morgan fingerprint density at radius 3 is 2.82 bits per heavy atom. The van der Waals surface area contributed by atoms with E-state index in [2.05, 4.69) is 54.5 Å². The van der Waals surface area contributed by atoms with Gasteiger partial charge in [0.15, 0.2) is 0 Å². The van der Waals surface area contributed by atoms with E-state index in [9.17, 15) is 0 Å². The van der Waals surface area contributed by atoms with Crippen molar-refractivity contribution in [1.82, 2.24) is 4.98 Å². The summed E-state index contributed by atoms with van der Waals surface area (Å²) in [6, 6.07) is 12.5. The number of benzene rings is 1. The second-order valence-electron chi connectivity index (χ2n) is 3.77. The number of hydrogen-bond acceptors (Lipinski definition) is 3. The van der Waals surface area contributed by atoms with Gasteiger partial charge in [0.2, 0.25) is 0 Å². The van der Waals surface area contributed by atoms with Gasteiger partial charge in [0.05, 0.1) is 0 Å². The molecular weight excluding hydrogens is 228 g/mol. The van der Waals surface area contributed by atoms with E-state index in [0.29, 0.717) is 0 Å². The molecule has 0 aliphatic heterocycles. The molecule has 0 aliphatic carbocycles. The molecule has 0 aliphatic rings. The monoisotopic (exact) mass is 244 g/mol. The minimum Gasteiger partial charge on any atom is -0.370 e. The predicted octanol–water partition coefficient (Wildman–Crippen LogP) is 3.97. The van der Waals surface area contributed by atoms with Gasteiger partial charge in [0.1, 0.15) is 5.82 Å². The molecule has 1 aromatic carbocycles. The summed E-state index contributed by atoms with van der Waals surface area (Å²) in [5.41, 5.74) is 1.30. The van der Waals surface area contributed by atoms with Crippen LogP contribution in [0.4, 0.5) is 5.82 Å². The van der Waals surface area contributed by atoms with E-state index in [0.717, 1.165) is 12.4 Å². The molecule has 88 valence electrons. The summed E-state index contributed by atoms with van der Waals surface area (Å²) in [6.07, 6.45) is 1.85. The summed E-state index contributed by atoms with van der Waals surface area (Å²) in [7, 11) is 0. The average molecular weight is 244 g/mol. The Balaban J connectivity index is 2.18. The van der Waals surface area contributed by atoms with Crippen LogP contribution in [0.15, 0.2) is 52.4 Å². The summed E-state index contributed by atoms with van der Waals surface area (Å²) in [6.45, 7) is 5.10. The van der Waals surface area contributed by atoms with Gasteiger partial charge in [0, 0.05) is 22.5 Å². The molecule has 0 saturated carbocycles. The number of anilines is 1. The lowest BCUT2D eigenvalue weighted by Crippen LogP contribution is -1.98. The molecule has 2 aromatic rings. The smallest absolute Gasteiger partial charge is 0.126 e. The largest absolute Gasteiger partial charge is 0.370 e. The minimum absolute atomic E-state index is 0.894. The molecule has 2 nitrogen and oxygen atoms in total. The predicted molar refractivity (Wildman–Crippen MR) is 73.7 cm³/mol. The fraction of sp³-hybridized carbons (Fsp3) is 0.214. The second-order valence-corrected chi connectivity index (χ2v) is 4.89. The highest BCUT2D eigenvalue weighted by Crippen LogP contribution is 2.30. The van der Waals surface area contributed by atoms with Crippen LogP contribution in [0.2, 0.25) is 0 Å². The molecule has 0 spiro atoms. The van der Waals surface area contributed by atoms with Gasteiger partial charge in [-0.1, -0.05) is 30.0 Å². The van der Waals surface area contributed by atoms with Crippen molar-refractivity contribution >= 4 is 17.6 Å². The van der Waals surface area contributed by atoms with Crippen LogP contribution in [0, 0.1) is 6.92 Å². The van der Waals surface area contributed by atoms with Crippen molar-refractivity contribution < 1.29 is 0 Å². The van der Waals surface area contributed by atoms with Gasteiger partial charge in [0.25, 0.3) is 0 Å². The van der Waals surface area contributed by atoms with E-state index in [1.54, 1.807) is 11.8 Å². The van der Waals surface area contributed by atoms with Crippen molar-refractivity contribution in [1.29, 1.82) is 0 Å². The molecule has 0 radical (unpaired) electrons. The van der Waals surface area contributed by atoms with E-state index in [-0.39, 0.29) is 0 Å². The summed E-state index contributed by atoms with van der Waals surface area (Å²) in [4.78, 5) is 6.77. The standard InChI is InChI=1S/C14H16N2S/c1-3-15-14-10-12(8-9-16-14)17-13-7-5-4-6-11(13)2/h4-10H,3H2,1-2H3,(H,15,16). The number of hydrogen-bond donors (Lipinski definition) is 1. The van der Waals surface area contributed by atoms with Crippen molar-refractivity contribution in [2.75, 3.05) is 11.9 Å². The highest BCUT2D eigenvalue weighted by atomic mass is 32.2. The van der Waals surface area contributed by atoms with Crippen molar-refractivity contribution in [2.45, 2.75) is 23.6 Å². The van der Waals surface area contributed by atoms with Crippen LogP contribution in [0.3, 0.4) is 0 Å². The van der Waals surface area contributed by atoms with Gasteiger partial charge in [-0.3, -0.25) is 0 Å². The van der Waals surface area contributed by atoms with Gasteiger partial charge in [-0.05, 0) is 37.6 Å². The van der Waals surface area contributed by atoms with Gasteiger partial charge in [-0.25, -0.2) is 4.98 Å². The Morgan fingerprint density at radius 2 is 2.06 bits per heavy atom. The maximum Gasteiger partial charge on any atom is 0.126 e. The van der Waals surface area contributed by atoms with E-state index in [1.165, 1.54) is 15.4 Å². The highest BCUT2D eigenvalue weighted by Gasteiger charge is 2.01. The number of aryl methyl sites for hydroxylation is 1. The lowest BCUT2D eigenvalue weighted by Gasteiger charge is -2.07. The highest BCUT2D eigenvalue weighted by molar-refractivity contribution is 7.99. The number of rotatable bonds is 4. The topological polar surface area (TPSA) is 24.9 Å². The minimum atomic E-state index is 0.894. The Kier molecular flexibility index (Phi) is 4.04.